The summed E-state index contributed by atoms with van der Waals surface area (Å²) < 4.78 is 16.5. The molecule has 1 aromatic carbocycles. The second kappa shape index (κ2) is 14.3. The number of fused-ring (bicyclic) bond motifs is 2. The first-order chi connectivity index (χ1) is 22.5. The predicted molar refractivity (Wildman–Crippen MR) is 168 cm³/mol. The Hall–Kier alpha value is -4.85. The minimum Gasteiger partial charge on any atom is -0.391 e. The number of pyridine rings is 1. The first kappa shape index (κ1) is 33.5. The molecule has 4 N–H and O–H groups in total. The Balaban J connectivity index is 1.49. The van der Waals surface area contributed by atoms with Crippen LogP contribution in [0, 0.1) is 18.8 Å². The fourth-order valence-electron chi connectivity index (χ4n) is 5.98. The Labute approximate surface area is 271 Å². The third kappa shape index (κ3) is 7.43. The molecule has 13 nitrogen and oxygen atoms in total. The third-order valence-electron chi connectivity index (χ3n) is 8.80. The van der Waals surface area contributed by atoms with Gasteiger partial charge in [-0.25, -0.2) is 4.98 Å². The Bertz CT molecular complexity index is 1660. The van der Waals surface area contributed by atoms with Crippen molar-refractivity contribution >= 4 is 35.2 Å². The van der Waals surface area contributed by atoms with Crippen molar-refractivity contribution < 1.29 is 33.5 Å². The number of halogens is 1. The van der Waals surface area contributed by atoms with Gasteiger partial charge >= 0.3 is 0 Å². The van der Waals surface area contributed by atoms with Gasteiger partial charge in [0.05, 0.1) is 12.6 Å². The minimum absolute atomic E-state index is 0.0369. The van der Waals surface area contributed by atoms with E-state index < -0.39 is 72.0 Å². The van der Waals surface area contributed by atoms with Gasteiger partial charge in [0.25, 0.3) is 5.91 Å². The number of nitrogens with one attached hydrogen (secondary N) is 3. The van der Waals surface area contributed by atoms with Gasteiger partial charge in [0.1, 0.15) is 23.8 Å². The summed E-state index contributed by atoms with van der Waals surface area (Å²) in [5, 5.41) is 18.7. The molecule has 47 heavy (non-hydrogen) atoms. The molecule has 0 bridgehead atoms. The molecule has 5 amide bonds. The van der Waals surface area contributed by atoms with E-state index in [0.717, 1.165) is 20.4 Å². The smallest absolute Gasteiger partial charge is 0.277 e. The van der Waals surface area contributed by atoms with E-state index >= 15 is 4.39 Å². The van der Waals surface area contributed by atoms with Crippen LogP contribution in [0.3, 0.4) is 0 Å². The van der Waals surface area contributed by atoms with Gasteiger partial charge in [-0.2, -0.15) is 4.39 Å². The topological polar surface area (TPSA) is 165 Å². The zero-order chi connectivity index (χ0) is 33.8. The molecule has 0 aliphatic carbocycles. The lowest BCUT2D eigenvalue weighted by atomic mass is 9.97. The molecule has 14 heteroatoms. The molecule has 2 aliphatic heterocycles. The summed E-state index contributed by atoms with van der Waals surface area (Å²) in [6, 6.07) is 9.12. The first-order valence-electron chi connectivity index (χ1n) is 15.8. The van der Waals surface area contributed by atoms with Crippen molar-refractivity contribution in [2.24, 2.45) is 5.92 Å². The van der Waals surface area contributed by atoms with E-state index in [-0.39, 0.29) is 44.0 Å². The molecule has 5 rings (SSSR count). The number of aliphatic hydroxyl groups excluding tert-OH is 1. The van der Waals surface area contributed by atoms with E-state index in [1.54, 1.807) is 38.1 Å². The Morgan fingerprint density at radius 1 is 1.11 bits per heavy atom. The Kier molecular flexibility index (Phi) is 10.2. The Morgan fingerprint density at radius 3 is 2.57 bits per heavy atom. The molecule has 2 aromatic heterocycles. The molecule has 2 saturated heterocycles. The van der Waals surface area contributed by atoms with Crippen molar-refractivity contribution in [3.8, 4) is 0 Å². The monoisotopic (exact) mass is 649 g/mol. The van der Waals surface area contributed by atoms with E-state index in [0.29, 0.717) is 6.42 Å². The highest BCUT2D eigenvalue weighted by atomic mass is 19.1. The number of benzene rings is 1. The molecule has 0 spiro atoms. The van der Waals surface area contributed by atoms with Crippen LogP contribution in [-0.4, -0.2) is 104 Å². The summed E-state index contributed by atoms with van der Waals surface area (Å²) in [6.07, 6.45) is 1.06. The van der Waals surface area contributed by atoms with Crippen molar-refractivity contribution in [2.45, 2.75) is 64.3 Å². The molecule has 250 valence electrons. The van der Waals surface area contributed by atoms with E-state index in [2.05, 4.69) is 20.9 Å². The molecular formula is C33H40FN7O6. The number of aryl methyl sites for hydroxylation is 1. The van der Waals surface area contributed by atoms with Gasteiger partial charge in [0.15, 0.2) is 5.69 Å². The van der Waals surface area contributed by atoms with Crippen LogP contribution in [0.1, 0.15) is 48.3 Å². The largest absolute Gasteiger partial charge is 0.391 e. The summed E-state index contributed by atoms with van der Waals surface area (Å²) in [6.45, 7) is 4.41. The molecule has 0 radical (unpaired) electrons. The van der Waals surface area contributed by atoms with E-state index in [9.17, 15) is 29.1 Å². The van der Waals surface area contributed by atoms with E-state index in [1.165, 1.54) is 11.1 Å². The number of hydrogen-bond donors (Lipinski definition) is 4. The highest BCUT2D eigenvalue weighted by Gasteiger charge is 2.43. The number of amides is 5. The van der Waals surface area contributed by atoms with Gasteiger partial charge in [-0.3, -0.25) is 28.4 Å². The number of carbonyl (C=O) groups is 5. The average molecular weight is 650 g/mol. The summed E-state index contributed by atoms with van der Waals surface area (Å²) in [4.78, 5) is 74.8. The zero-order valence-corrected chi connectivity index (χ0v) is 26.6. The fraction of sp³-hybridized carbons (Fsp3) is 0.455. The van der Waals surface area contributed by atoms with Crippen LogP contribution in [0.4, 0.5) is 4.39 Å². The van der Waals surface area contributed by atoms with Gasteiger partial charge < -0.3 is 30.9 Å². The van der Waals surface area contributed by atoms with Gasteiger partial charge in [0.2, 0.25) is 29.6 Å². The van der Waals surface area contributed by atoms with Crippen LogP contribution >= 0.6 is 0 Å². The molecule has 0 saturated carbocycles. The van der Waals surface area contributed by atoms with E-state index in [4.69, 9.17) is 0 Å². The van der Waals surface area contributed by atoms with Crippen LogP contribution < -0.4 is 16.0 Å². The lowest BCUT2D eigenvalue weighted by Crippen LogP contribution is -2.58. The van der Waals surface area contributed by atoms with Crippen molar-refractivity contribution in [3.63, 3.8) is 0 Å². The number of hydrogen-bond acceptors (Lipinski definition) is 7. The molecule has 2 aliphatic rings. The van der Waals surface area contributed by atoms with E-state index in [1.807, 2.05) is 25.1 Å². The van der Waals surface area contributed by atoms with Gasteiger partial charge in [-0.05, 0) is 36.1 Å². The molecular weight excluding hydrogens is 609 g/mol. The lowest BCUT2D eigenvalue weighted by molar-refractivity contribution is -0.143. The van der Waals surface area contributed by atoms with Crippen molar-refractivity contribution in [1.29, 1.82) is 0 Å². The quantitative estimate of drug-likeness (QED) is 0.314. The van der Waals surface area contributed by atoms with Crippen LogP contribution in [0.2, 0.25) is 0 Å². The summed E-state index contributed by atoms with van der Waals surface area (Å²) in [5.74, 6) is -4.57. The predicted octanol–water partition coefficient (Wildman–Crippen LogP) is 0.574. The second-order valence-corrected chi connectivity index (χ2v) is 12.3. The van der Waals surface area contributed by atoms with Crippen LogP contribution in [0.15, 0.2) is 48.7 Å². The van der Waals surface area contributed by atoms with Gasteiger partial charge in [0, 0.05) is 38.7 Å². The third-order valence-corrected chi connectivity index (χ3v) is 8.80. The maximum absolute atomic E-state index is 15.4. The SMILES string of the molecule is CC[C@H](C)[C@@H]1NC(=O)CN(C(=O)c2nc3cc(C)ccn3c2F)CCNC(=O)[C@H](Cc2ccccc2)NC(=O)[C@@H]2C[C@@H](O)CN2C1=O. The van der Waals surface area contributed by atoms with Gasteiger partial charge in [-0.15, -0.1) is 0 Å². The number of nitrogens with zero attached hydrogens (tertiary/aromatic N) is 4. The fourth-order valence-corrected chi connectivity index (χ4v) is 5.98. The average Bonchev–Trinajstić information content (AvgIpc) is 3.60. The normalized spacial score (nSPS) is 23.8. The molecule has 3 aromatic rings. The van der Waals surface area contributed by atoms with Crippen LogP contribution in [0.5, 0.6) is 0 Å². The maximum Gasteiger partial charge on any atom is 0.277 e. The highest BCUT2D eigenvalue weighted by molar-refractivity contribution is 5.98. The molecule has 5 atom stereocenters. The second-order valence-electron chi connectivity index (χ2n) is 12.3. The van der Waals surface area contributed by atoms with Gasteiger partial charge in [-0.1, -0.05) is 50.6 Å². The zero-order valence-electron chi connectivity index (χ0n) is 26.6. The van der Waals surface area contributed by atoms with Crippen LogP contribution in [-0.2, 0) is 25.6 Å². The molecule has 2 fully saturated rings. The van der Waals surface area contributed by atoms with Crippen molar-refractivity contribution in [1.82, 2.24) is 35.1 Å². The summed E-state index contributed by atoms with van der Waals surface area (Å²) in [5.41, 5.74) is 1.30. The number of aliphatic hydroxyl groups is 1. The minimum atomic E-state index is -1.08. The van der Waals surface area contributed by atoms with Crippen molar-refractivity contribution in [2.75, 3.05) is 26.2 Å². The molecule has 0 unspecified atom stereocenters. The number of carbonyl (C=O) groups excluding carboxylic acids is 5. The number of aromatic nitrogens is 2. The lowest BCUT2D eigenvalue weighted by Gasteiger charge is -2.32. The standard InChI is InChI=1S/C33H40FN7O6/c1-4-20(3)27-33(47)41-17-22(42)16-24(41)31(45)36-23(15-21-8-6-5-7-9-21)30(44)35-11-13-39(18-26(43)38-27)32(46)28-29(34)40-12-10-19(2)14-25(40)37-28/h5-10,12,14,20,22-24,27,42H,4,11,13,15-18H2,1-3H3,(H,35,44)(H,36,45)(H,38,43)/t20-,22+,23-,24-,27-/m0/s1. The maximum atomic E-state index is 15.4. The van der Waals surface area contributed by atoms with Crippen LogP contribution in [0.25, 0.3) is 5.65 Å². The Morgan fingerprint density at radius 2 is 1.85 bits per heavy atom. The van der Waals surface area contributed by atoms with Crippen molar-refractivity contribution in [3.05, 3.63) is 71.4 Å². The number of imidazole rings is 1. The summed E-state index contributed by atoms with van der Waals surface area (Å²) >= 11 is 0. The molecule has 4 heterocycles. The number of rotatable bonds is 5. The highest BCUT2D eigenvalue weighted by Crippen LogP contribution is 2.23. The summed E-state index contributed by atoms with van der Waals surface area (Å²) in [7, 11) is 0. The first-order valence-corrected chi connectivity index (χ1v) is 15.8.